The number of aliphatic hydroxyl groups excluding tert-OH is 1. The average molecular weight is 318 g/mol. The third-order valence-corrected chi connectivity index (χ3v) is 7.32. The largest absolute Gasteiger partial charge is 0.459 e. The Morgan fingerprint density at radius 3 is 2.70 bits per heavy atom. The van der Waals surface area contributed by atoms with Crippen molar-refractivity contribution in [2.24, 2.45) is 23.2 Å². The Balaban J connectivity index is 1.71. The maximum Gasteiger partial charge on any atom is 0.306 e. The molecule has 4 rings (SSSR count). The minimum absolute atomic E-state index is 0.0704. The molecular weight excluding hydrogens is 292 g/mol. The maximum absolute atomic E-state index is 11.8. The summed E-state index contributed by atoms with van der Waals surface area (Å²) in [5, 5.41) is 10.7. The fourth-order valence-corrected chi connectivity index (χ4v) is 6.12. The Labute approximate surface area is 137 Å². The number of ether oxygens (including phenoxy) is 1. The molecule has 4 heteroatoms. The van der Waals surface area contributed by atoms with E-state index in [4.69, 9.17) is 4.74 Å². The van der Waals surface area contributed by atoms with Gasteiger partial charge in [0.2, 0.25) is 0 Å². The lowest BCUT2D eigenvalue weighted by molar-refractivity contribution is -0.197. The van der Waals surface area contributed by atoms with Gasteiger partial charge in [-0.3, -0.25) is 9.59 Å². The van der Waals surface area contributed by atoms with Gasteiger partial charge in [0.15, 0.2) is 5.78 Å². The molecule has 126 valence electrons. The number of fused-ring (bicyclic) bond motifs is 5. The quantitative estimate of drug-likeness (QED) is 0.698. The van der Waals surface area contributed by atoms with E-state index in [1.54, 1.807) is 6.08 Å². The number of carbonyl (C=O) groups excluding carboxylic acids is 2. The molecule has 3 aliphatic carbocycles. The van der Waals surface area contributed by atoms with Crippen molar-refractivity contribution in [1.82, 2.24) is 0 Å². The fraction of sp³-hybridized carbons (Fsp3) is 0.789. The van der Waals surface area contributed by atoms with E-state index in [0.29, 0.717) is 37.0 Å². The van der Waals surface area contributed by atoms with Crippen LogP contribution in [-0.4, -0.2) is 28.6 Å². The van der Waals surface area contributed by atoms with Gasteiger partial charge >= 0.3 is 5.97 Å². The summed E-state index contributed by atoms with van der Waals surface area (Å²) < 4.78 is 5.76. The van der Waals surface area contributed by atoms with Crippen LogP contribution in [0.4, 0.5) is 0 Å². The lowest BCUT2D eigenvalue weighted by Gasteiger charge is -2.60. The van der Waals surface area contributed by atoms with Gasteiger partial charge in [0.05, 0.1) is 6.10 Å². The number of aliphatic hydroxyl groups is 1. The van der Waals surface area contributed by atoms with Gasteiger partial charge in [0, 0.05) is 18.8 Å². The molecule has 0 bridgehead atoms. The monoisotopic (exact) mass is 318 g/mol. The van der Waals surface area contributed by atoms with Crippen molar-refractivity contribution in [1.29, 1.82) is 0 Å². The molecule has 0 aromatic carbocycles. The molecular formula is C19H26O4. The molecule has 0 aromatic rings. The minimum atomic E-state index is -0.523. The Hall–Kier alpha value is -1.16. The summed E-state index contributed by atoms with van der Waals surface area (Å²) in [5.41, 5.74) is 0.531. The van der Waals surface area contributed by atoms with Crippen LogP contribution in [0.15, 0.2) is 11.6 Å². The fourth-order valence-electron chi connectivity index (χ4n) is 6.12. The van der Waals surface area contributed by atoms with Crippen LogP contribution in [0.2, 0.25) is 0 Å². The van der Waals surface area contributed by atoms with Crippen LogP contribution in [0.25, 0.3) is 0 Å². The van der Waals surface area contributed by atoms with E-state index < -0.39 is 6.10 Å². The van der Waals surface area contributed by atoms with Gasteiger partial charge in [-0.15, -0.1) is 0 Å². The van der Waals surface area contributed by atoms with Crippen LogP contribution in [0, 0.1) is 23.2 Å². The molecule has 23 heavy (non-hydrogen) atoms. The van der Waals surface area contributed by atoms with Crippen molar-refractivity contribution in [3.8, 4) is 0 Å². The van der Waals surface area contributed by atoms with E-state index in [1.807, 2.05) is 0 Å². The predicted octanol–water partition coefficient (Wildman–Crippen LogP) is 2.78. The molecule has 0 unspecified atom stereocenters. The molecule has 4 aliphatic rings. The summed E-state index contributed by atoms with van der Waals surface area (Å²) in [7, 11) is 0. The van der Waals surface area contributed by atoms with Gasteiger partial charge in [0.25, 0.3) is 0 Å². The van der Waals surface area contributed by atoms with Gasteiger partial charge in [-0.1, -0.05) is 6.92 Å². The van der Waals surface area contributed by atoms with Gasteiger partial charge in [-0.25, -0.2) is 0 Å². The van der Waals surface area contributed by atoms with Crippen molar-refractivity contribution in [3.63, 3.8) is 0 Å². The highest BCUT2D eigenvalue weighted by Gasteiger charge is 2.59. The summed E-state index contributed by atoms with van der Waals surface area (Å²) in [6, 6.07) is 0. The number of hydrogen-bond acceptors (Lipinski definition) is 4. The standard InChI is InChI=1S/C19H26O4/c1-18-7-5-11(20)9-15(18)16(21)10-12-13(18)6-8-19(2)14(12)3-4-17(22)23-19/h9,12-14,16,21H,3-8,10H2,1-2H3/t12-,13+,14-,16-,18+,19-/m1/s1. The second-order valence-electron chi connectivity index (χ2n) is 8.48. The predicted molar refractivity (Wildman–Crippen MR) is 84.5 cm³/mol. The molecule has 6 atom stereocenters. The summed E-state index contributed by atoms with van der Waals surface area (Å²) in [6.07, 6.45) is 6.62. The molecule has 0 radical (unpaired) electrons. The Morgan fingerprint density at radius 2 is 1.91 bits per heavy atom. The van der Waals surface area contributed by atoms with E-state index in [9.17, 15) is 14.7 Å². The lowest BCUT2D eigenvalue weighted by Crippen LogP contribution is -2.58. The molecule has 3 fully saturated rings. The molecule has 0 amide bonds. The van der Waals surface area contributed by atoms with E-state index in [1.165, 1.54) is 0 Å². The highest BCUT2D eigenvalue weighted by molar-refractivity contribution is 5.91. The number of ketones is 1. The second-order valence-corrected chi connectivity index (χ2v) is 8.48. The van der Waals surface area contributed by atoms with Crippen molar-refractivity contribution in [2.75, 3.05) is 0 Å². The van der Waals surface area contributed by atoms with Crippen LogP contribution < -0.4 is 0 Å². The Bertz CT molecular complexity index is 594. The SMILES string of the molecule is C[C@@]12CC[C@H]3[C@@H](C[C@@H](O)C4=CC(=O)CC[C@]43C)[C@H]1CCC(=O)O2. The third kappa shape index (κ3) is 2.14. The van der Waals surface area contributed by atoms with Gasteiger partial charge in [0.1, 0.15) is 5.60 Å². The topological polar surface area (TPSA) is 63.6 Å². The highest BCUT2D eigenvalue weighted by atomic mass is 16.6. The normalized spacial score (nSPS) is 49.4. The maximum atomic E-state index is 11.8. The Kier molecular flexibility index (Phi) is 3.29. The lowest BCUT2D eigenvalue weighted by atomic mass is 9.47. The van der Waals surface area contributed by atoms with Gasteiger partial charge < -0.3 is 9.84 Å². The first kappa shape index (κ1) is 15.4. The van der Waals surface area contributed by atoms with E-state index in [-0.39, 0.29) is 22.8 Å². The highest BCUT2D eigenvalue weighted by Crippen LogP contribution is 2.61. The zero-order valence-corrected chi connectivity index (χ0v) is 14.0. The van der Waals surface area contributed by atoms with Crippen molar-refractivity contribution < 1.29 is 19.4 Å². The first-order valence-corrected chi connectivity index (χ1v) is 8.98. The van der Waals surface area contributed by atoms with Crippen LogP contribution in [0.1, 0.15) is 58.8 Å². The van der Waals surface area contributed by atoms with Crippen LogP contribution >= 0.6 is 0 Å². The first-order valence-electron chi connectivity index (χ1n) is 8.98. The average Bonchev–Trinajstić information content (AvgIpc) is 2.48. The number of allylic oxidation sites excluding steroid dienone is 1. The summed E-state index contributed by atoms with van der Waals surface area (Å²) in [4.78, 5) is 23.6. The number of hydrogen-bond donors (Lipinski definition) is 1. The van der Waals surface area contributed by atoms with Crippen molar-refractivity contribution in [3.05, 3.63) is 11.6 Å². The zero-order chi connectivity index (χ0) is 16.4. The molecule has 1 saturated heterocycles. The summed E-state index contributed by atoms with van der Waals surface area (Å²) >= 11 is 0. The van der Waals surface area contributed by atoms with E-state index in [0.717, 1.165) is 31.3 Å². The van der Waals surface area contributed by atoms with Crippen LogP contribution in [-0.2, 0) is 14.3 Å². The first-order chi connectivity index (χ1) is 10.8. The van der Waals surface area contributed by atoms with Gasteiger partial charge in [-0.2, -0.15) is 0 Å². The molecule has 0 spiro atoms. The van der Waals surface area contributed by atoms with E-state index >= 15 is 0 Å². The Morgan fingerprint density at radius 1 is 1.13 bits per heavy atom. The minimum Gasteiger partial charge on any atom is -0.459 e. The molecule has 2 saturated carbocycles. The number of carbonyl (C=O) groups is 2. The van der Waals surface area contributed by atoms with Crippen molar-refractivity contribution >= 4 is 11.8 Å². The molecule has 1 aliphatic heterocycles. The summed E-state index contributed by atoms with van der Waals surface area (Å²) in [5.74, 6) is 1.28. The second kappa shape index (κ2) is 4.92. The zero-order valence-electron chi connectivity index (χ0n) is 14.0. The molecule has 1 N–H and O–H groups in total. The third-order valence-electron chi connectivity index (χ3n) is 7.32. The van der Waals surface area contributed by atoms with E-state index in [2.05, 4.69) is 13.8 Å². The number of rotatable bonds is 0. The van der Waals surface area contributed by atoms with Crippen molar-refractivity contribution in [2.45, 2.75) is 70.5 Å². The summed E-state index contributed by atoms with van der Waals surface area (Å²) in [6.45, 7) is 4.32. The molecule has 4 nitrogen and oxygen atoms in total. The van der Waals surface area contributed by atoms with Crippen LogP contribution in [0.5, 0.6) is 0 Å². The van der Waals surface area contributed by atoms with Crippen LogP contribution in [0.3, 0.4) is 0 Å². The molecule has 1 heterocycles. The van der Waals surface area contributed by atoms with Gasteiger partial charge in [-0.05, 0) is 67.9 Å². The smallest absolute Gasteiger partial charge is 0.306 e. The molecule has 0 aromatic heterocycles. The number of esters is 1.